The molecule has 0 aliphatic carbocycles. The molecule has 0 aliphatic heterocycles. The number of anilines is 1. The van der Waals surface area contributed by atoms with Crippen LogP contribution in [0.25, 0.3) is 11.5 Å². The van der Waals surface area contributed by atoms with Crippen molar-refractivity contribution in [2.24, 2.45) is 0 Å². The first kappa shape index (κ1) is 17.2. The van der Waals surface area contributed by atoms with Gasteiger partial charge in [-0.1, -0.05) is 34.1 Å². The fourth-order valence-electron chi connectivity index (χ4n) is 2.33. The molecule has 3 aromatic rings. The molecule has 3 rings (SSSR count). The van der Waals surface area contributed by atoms with Crippen LogP contribution in [0.3, 0.4) is 0 Å². The van der Waals surface area contributed by atoms with Gasteiger partial charge in [-0.25, -0.2) is 0 Å². The van der Waals surface area contributed by atoms with Gasteiger partial charge in [0.15, 0.2) is 5.82 Å². The Labute approximate surface area is 149 Å². The number of rotatable bonds is 5. The highest BCUT2D eigenvalue weighted by Gasteiger charge is 2.20. The number of carbonyl (C=O) groups is 1. The summed E-state index contributed by atoms with van der Waals surface area (Å²) >= 11 is 1.19. The van der Waals surface area contributed by atoms with Gasteiger partial charge in [-0.2, -0.15) is 0 Å². The molecule has 8 heteroatoms. The molecule has 0 saturated heterocycles. The third-order valence-electron chi connectivity index (χ3n) is 3.40. The van der Waals surface area contributed by atoms with Crippen molar-refractivity contribution in [3.8, 4) is 11.5 Å². The van der Waals surface area contributed by atoms with Crippen molar-refractivity contribution in [2.75, 3.05) is 5.32 Å². The van der Waals surface area contributed by atoms with Gasteiger partial charge in [-0.15, -0.1) is 10.2 Å². The highest BCUT2D eigenvalue weighted by molar-refractivity contribution is 8.00. The van der Waals surface area contributed by atoms with Crippen molar-refractivity contribution in [1.82, 2.24) is 15.4 Å². The molecule has 1 aromatic carbocycles. The van der Waals surface area contributed by atoms with Crippen LogP contribution in [0.1, 0.15) is 23.8 Å². The molecule has 130 valence electrons. The Morgan fingerprint density at radius 2 is 1.84 bits per heavy atom. The van der Waals surface area contributed by atoms with Crippen LogP contribution in [0.15, 0.2) is 38.4 Å². The van der Waals surface area contributed by atoms with E-state index >= 15 is 0 Å². The van der Waals surface area contributed by atoms with Gasteiger partial charge in [0.25, 0.3) is 5.22 Å². The van der Waals surface area contributed by atoms with Crippen LogP contribution in [0.4, 0.5) is 5.82 Å². The molecule has 7 nitrogen and oxygen atoms in total. The van der Waals surface area contributed by atoms with Crippen molar-refractivity contribution < 1.29 is 13.7 Å². The van der Waals surface area contributed by atoms with Crippen LogP contribution in [0, 0.1) is 20.8 Å². The minimum absolute atomic E-state index is 0.218. The summed E-state index contributed by atoms with van der Waals surface area (Å²) in [4.78, 5) is 12.2. The highest BCUT2D eigenvalue weighted by Crippen LogP contribution is 2.27. The summed E-state index contributed by atoms with van der Waals surface area (Å²) in [7, 11) is 0. The Balaban J connectivity index is 1.67. The first-order chi connectivity index (χ1) is 11.9. The molecule has 25 heavy (non-hydrogen) atoms. The number of hydrogen-bond donors (Lipinski definition) is 1. The maximum atomic E-state index is 12.2. The molecule has 0 unspecified atom stereocenters. The smallest absolute Gasteiger partial charge is 0.277 e. The fraction of sp³-hybridized carbons (Fsp3) is 0.294. The van der Waals surface area contributed by atoms with Gasteiger partial charge >= 0.3 is 0 Å². The average molecular weight is 358 g/mol. The van der Waals surface area contributed by atoms with Gasteiger partial charge in [0, 0.05) is 11.6 Å². The summed E-state index contributed by atoms with van der Waals surface area (Å²) in [5, 5.41) is 14.4. The maximum absolute atomic E-state index is 12.2. The monoisotopic (exact) mass is 358 g/mol. The second-order valence-electron chi connectivity index (χ2n) is 5.82. The molecule has 1 atom stereocenters. The third-order valence-corrected chi connectivity index (χ3v) is 4.34. The van der Waals surface area contributed by atoms with Gasteiger partial charge in [0.2, 0.25) is 11.8 Å². The fourth-order valence-corrected chi connectivity index (χ4v) is 3.01. The quantitative estimate of drug-likeness (QED) is 0.694. The largest absolute Gasteiger partial charge is 0.411 e. The lowest BCUT2D eigenvalue weighted by molar-refractivity contribution is -0.115. The van der Waals surface area contributed by atoms with Crippen molar-refractivity contribution in [3.05, 3.63) is 41.2 Å². The summed E-state index contributed by atoms with van der Waals surface area (Å²) in [5.74, 6) is 1.24. The Bertz CT molecular complexity index is 883. The summed E-state index contributed by atoms with van der Waals surface area (Å²) in [6.45, 7) is 7.54. The molecular formula is C17H18N4O3S. The van der Waals surface area contributed by atoms with E-state index in [1.807, 2.05) is 26.0 Å². The lowest BCUT2D eigenvalue weighted by atomic mass is 10.1. The zero-order valence-corrected chi connectivity index (χ0v) is 15.2. The van der Waals surface area contributed by atoms with Crippen molar-refractivity contribution >= 4 is 23.5 Å². The standard InChI is InChI=1S/C17H18N4O3S/c1-9-5-10(2)7-13(6-9)16-19-20-17(23-16)25-12(4)15(22)18-14-8-11(3)24-21-14/h5-8,12H,1-4H3,(H,18,21,22)/t12-/m0/s1. The van der Waals surface area contributed by atoms with Gasteiger partial charge < -0.3 is 14.3 Å². The molecular weight excluding hydrogens is 340 g/mol. The number of benzene rings is 1. The zero-order valence-electron chi connectivity index (χ0n) is 14.4. The molecule has 2 aromatic heterocycles. The minimum atomic E-state index is -0.426. The first-order valence-corrected chi connectivity index (χ1v) is 8.61. The predicted molar refractivity (Wildman–Crippen MR) is 94.4 cm³/mol. The molecule has 0 bridgehead atoms. The molecule has 0 aliphatic rings. The summed E-state index contributed by atoms with van der Waals surface area (Å²) < 4.78 is 10.6. The van der Waals surface area contributed by atoms with Crippen LogP contribution < -0.4 is 5.32 Å². The van der Waals surface area contributed by atoms with E-state index in [2.05, 4.69) is 26.7 Å². The van der Waals surface area contributed by atoms with Gasteiger partial charge in [0.05, 0.1) is 5.25 Å². The van der Waals surface area contributed by atoms with Crippen LogP contribution in [0.5, 0.6) is 0 Å². The van der Waals surface area contributed by atoms with E-state index in [-0.39, 0.29) is 5.91 Å². The molecule has 1 N–H and O–H groups in total. The molecule has 0 radical (unpaired) electrons. The Morgan fingerprint density at radius 1 is 1.12 bits per heavy atom. The number of aryl methyl sites for hydroxylation is 3. The number of carbonyl (C=O) groups excluding carboxylic acids is 1. The van der Waals surface area contributed by atoms with Crippen molar-refractivity contribution in [1.29, 1.82) is 0 Å². The van der Waals surface area contributed by atoms with E-state index in [0.29, 0.717) is 22.7 Å². The first-order valence-electron chi connectivity index (χ1n) is 7.74. The van der Waals surface area contributed by atoms with Crippen LogP contribution >= 0.6 is 11.8 Å². The third kappa shape index (κ3) is 4.27. The summed E-state index contributed by atoms with van der Waals surface area (Å²) in [5.41, 5.74) is 3.11. The van der Waals surface area contributed by atoms with E-state index in [1.54, 1.807) is 19.9 Å². The minimum Gasteiger partial charge on any atom is -0.411 e. The topological polar surface area (TPSA) is 94.1 Å². The predicted octanol–water partition coefficient (Wildman–Crippen LogP) is 3.77. The molecule has 0 saturated carbocycles. The Kier molecular flexibility index (Phi) is 4.89. The maximum Gasteiger partial charge on any atom is 0.277 e. The average Bonchev–Trinajstić information content (AvgIpc) is 3.15. The highest BCUT2D eigenvalue weighted by atomic mass is 32.2. The van der Waals surface area contributed by atoms with E-state index in [9.17, 15) is 4.79 Å². The van der Waals surface area contributed by atoms with Gasteiger partial charge in [-0.3, -0.25) is 4.79 Å². The van der Waals surface area contributed by atoms with Crippen molar-refractivity contribution in [3.63, 3.8) is 0 Å². The lowest BCUT2D eigenvalue weighted by Crippen LogP contribution is -2.22. The summed E-state index contributed by atoms with van der Waals surface area (Å²) in [6.07, 6.45) is 0. The SMILES string of the molecule is Cc1cc(C)cc(-c2nnc(S[C@@H](C)C(=O)Nc3cc(C)on3)o2)c1. The van der Waals surface area contributed by atoms with E-state index in [0.717, 1.165) is 16.7 Å². The summed E-state index contributed by atoms with van der Waals surface area (Å²) in [6, 6.07) is 7.70. The van der Waals surface area contributed by atoms with E-state index < -0.39 is 5.25 Å². The lowest BCUT2D eigenvalue weighted by Gasteiger charge is -2.07. The van der Waals surface area contributed by atoms with E-state index in [1.165, 1.54) is 11.8 Å². The van der Waals surface area contributed by atoms with Crippen LogP contribution in [0.2, 0.25) is 0 Å². The molecule has 1 amide bonds. The Hall–Kier alpha value is -2.61. The number of hydrogen-bond acceptors (Lipinski definition) is 7. The normalized spacial score (nSPS) is 12.2. The molecule has 2 heterocycles. The van der Waals surface area contributed by atoms with E-state index in [4.69, 9.17) is 8.94 Å². The number of aromatic nitrogens is 3. The second-order valence-corrected chi connectivity index (χ2v) is 7.11. The Morgan fingerprint density at radius 3 is 2.48 bits per heavy atom. The van der Waals surface area contributed by atoms with Gasteiger partial charge in [-0.05, 0) is 39.8 Å². The van der Waals surface area contributed by atoms with Gasteiger partial charge in [0.1, 0.15) is 5.76 Å². The van der Waals surface area contributed by atoms with Crippen LogP contribution in [-0.2, 0) is 4.79 Å². The number of amides is 1. The van der Waals surface area contributed by atoms with Crippen LogP contribution in [-0.4, -0.2) is 26.5 Å². The number of nitrogens with one attached hydrogen (secondary N) is 1. The second kappa shape index (κ2) is 7.10. The molecule has 0 spiro atoms. The number of nitrogens with zero attached hydrogens (tertiary/aromatic N) is 3. The van der Waals surface area contributed by atoms with Crippen molar-refractivity contribution in [2.45, 2.75) is 38.2 Å². The zero-order chi connectivity index (χ0) is 18.0. The molecule has 0 fully saturated rings. The number of thioether (sulfide) groups is 1.